The number of carbonyl (C=O) groups is 1. The zero-order valence-corrected chi connectivity index (χ0v) is 9.18. The standard InChI is InChI=1S/C9H18O3S/c1-3-8(2)11-5-6-12-9(10)4-7-13/h8,13H,3-7H2,1-2H3. The Bertz CT molecular complexity index is 139. The summed E-state index contributed by atoms with van der Waals surface area (Å²) < 4.78 is 10.2. The number of esters is 1. The Kier molecular flexibility index (Phi) is 8.24. The minimum atomic E-state index is -0.206. The van der Waals surface area contributed by atoms with Crippen LogP contribution in [-0.2, 0) is 14.3 Å². The summed E-state index contributed by atoms with van der Waals surface area (Å²) in [5.74, 6) is 0.327. The van der Waals surface area contributed by atoms with Crippen LogP contribution in [0.4, 0.5) is 0 Å². The lowest BCUT2D eigenvalue weighted by molar-refractivity contribution is -0.145. The summed E-state index contributed by atoms with van der Waals surface area (Å²) >= 11 is 3.92. The van der Waals surface area contributed by atoms with Gasteiger partial charge in [0.05, 0.1) is 19.1 Å². The van der Waals surface area contributed by atoms with Gasteiger partial charge in [-0.25, -0.2) is 0 Å². The van der Waals surface area contributed by atoms with E-state index in [1.165, 1.54) is 0 Å². The lowest BCUT2D eigenvalue weighted by Gasteiger charge is -2.10. The molecule has 0 fully saturated rings. The highest BCUT2D eigenvalue weighted by Gasteiger charge is 2.01. The SMILES string of the molecule is CCC(C)OCCOC(=O)CCS. The first kappa shape index (κ1) is 12.8. The zero-order chi connectivity index (χ0) is 10.1. The lowest BCUT2D eigenvalue weighted by Crippen LogP contribution is -2.14. The van der Waals surface area contributed by atoms with Crippen molar-refractivity contribution in [3.05, 3.63) is 0 Å². The maximum Gasteiger partial charge on any atom is 0.306 e. The fraction of sp³-hybridized carbons (Fsp3) is 0.889. The molecule has 0 aliphatic heterocycles. The third-order valence-corrected chi connectivity index (χ3v) is 1.86. The normalized spacial score (nSPS) is 12.5. The molecule has 4 heteroatoms. The maximum atomic E-state index is 10.8. The molecule has 13 heavy (non-hydrogen) atoms. The largest absolute Gasteiger partial charge is 0.463 e. The van der Waals surface area contributed by atoms with Gasteiger partial charge >= 0.3 is 5.97 Å². The van der Waals surface area contributed by atoms with Crippen molar-refractivity contribution >= 4 is 18.6 Å². The van der Waals surface area contributed by atoms with Crippen LogP contribution in [0, 0.1) is 0 Å². The summed E-state index contributed by atoms with van der Waals surface area (Å²) in [4.78, 5) is 10.8. The average molecular weight is 206 g/mol. The van der Waals surface area contributed by atoms with Gasteiger partial charge in [-0.1, -0.05) is 6.92 Å². The van der Waals surface area contributed by atoms with Gasteiger partial charge in [0.15, 0.2) is 0 Å². The van der Waals surface area contributed by atoms with Crippen LogP contribution < -0.4 is 0 Å². The fourth-order valence-electron chi connectivity index (χ4n) is 0.686. The molecular weight excluding hydrogens is 188 g/mol. The van der Waals surface area contributed by atoms with Crippen molar-refractivity contribution in [1.29, 1.82) is 0 Å². The molecule has 0 spiro atoms. The van der Waals surface area contributed by atoms with E-state index in [-0.39, 0.29) is 12.1 Å². The van der Waals surface area contributed by atoms with Crippen LogP contribution >= 0.6 is 12.6 Å². The highest BCUT2D eigenvalue weighted by Crippen LogP contribution is 1.95. The maximum absolute atomic E-state index is 10.8. The monoisotopic (exact) mass is 206 g/mol. The molecule has 0 saturated heterocycles. The Morgan fingerprint density at radius 3 is 2.69 bits per heavy atom. The average Bonchev–Trinajstić information content (AvgIpc) is 2.12. The van der Waals surface area contributed by atoms with Crippen molar-refractivity contribution in [2.75, 3.05) is 19.0 Å². The van der Waals surface area contributed by atoms with Crippen molar-refractivity contribution < 1.29 is 14.3 Å². The number of thiol groups is 1. The number of carbonyl (C=O) groups excluding carboxylic acids is 1. The zero-order valence-electron chi connectivity index (χ0n) is 8.28. The molecule has 3 nitrogen and oxygen atoms in total. The van der Waals surface area contributed by atoms with E-state index >= 15 is 0 Å². The van der Waals surface area contributed by atoms with Gasteiger partial charge in [0.1, 0.15) is 6.61 Å². The minimum Gasteiger partial charge on any atom is -0.463 e. The van der Waals surface area contributed by atoms with E-state index in [1.54, 1.807) is 0 Å². The first-order valence-corrected chi connectivity index (χ1v) is 5.22. The van der Waals surface area contributed by atoms with Crippen LogP contribution in [0.2, 0.25) is 0 Å². The Labute approximate surface area is 85.2 Å². The second kappa shape index (κ2) is 8.38. The Hall–Kier alpha value is -0.220. The Morgan fingerprint density at radius 2 is 2.15 bits per heavy atom. The Balaban J connectivity index is 3.20. The molecule has 0 saturated carbocycles. The van der Waals surface area contributed by atoms with Gasteiger partial charge < -0.3 is 9.47 Å². The molecule has 0 bridgehead atoms. The molecule has 0 aliphatic rings. The summed E-state index contributed by atoms with van der Waals surface area (Å²) in [6.45, 7) is 4.87. The van der Waals surface area contributed by atoms with Crippen LogP contribution in [0.15, 0.2) is 0 Å². The van der Waals surface area contributed by atoms with Crippen LogP contribution in [0.3, 0.4) is 0 Å². The summed E-state index contributed by atoms with van der Waals surface area (Å²) in [5, 5.41) is 0. The van der Waals surface area contributed by atoms with E-state index in [4.69, 9.17) is 9.47 Å². The van der Waals surface area contributed by atoms with Crippen molar-refractivity contribution in [1.82, 2.24) is 0 Å². The van der Waals surface area contributed by atoms with Crippen molar-refractivity contribution in [2.45, 2.75) is 32.8 Å². The molecule has 0 aliphatic carbocycles. The molecule has 0 N–H and O–H groups in total. The second-order valence-corrected chi connectivity index (χ2v) is 3.23. The molecule has 1 unspecified atom stereocenters. The van der Waals surface area contributed by atoms with E-state index in [0.717, 1.165) is 6.42 Å². The quantitative estimate of drug-likeness (QED) is 0.391. The van der Waals surface area contributed by atoms with Gasteiger partial charge in [-0.2, -0.15) is 12.6 Å². The molecule has 0 aromatic carbocycles. The fourth-order valence-corrected chi connectivity index (χ4v) is 0.869. The number of ether oxygens (including phenoxy) is 2. The molecule has 0 radical (unpaired) electrons. The van der Waals surface area contributed by atoms with E-state index < -0.39 is 0 Å². The summed E-state index contributed by atoms with van der Waals surface area (Å²) in [7, 11) is 0. The highest BCUT2D eigenvalue weighted by molar-refractivity contribution is 7.80. The molecule has 0 amide bonds. The summed E-state index contributed by atoms with van der Waals surface area (Å²) in [5.41, 5.74) is 0. The number of hydrogen-bond donors (Lipinski definition) is 1. The lowest BCUT2D eigenvalue weighted by atomic mass is 10.3. The van der Waals surface area contributed by atoms with E-state index in [1.807, 2.05) is 6.92 Å². The topological polar surface area (TPSA) is 35.5 Å². The van der Waals surface area contributed by atoms with E-state index in [9.17, 15) is 4.79 Å². The summed E-state index contributed by atoms with van der Waals surface area (Å²) in [6.07, 6.45) is 1.58. The van der Waals surface area contributed by atoms with E-state index in [0.29, 0.717) is 25.4 Å². The van der Waals surface area contributed by atoms with E-state index in [2.05, 4.69) is 19.6 Å². The first-order chi connectivity index (χ1) is 6.20. The molecular formula is C9H18O3S. The number of hydrogen-bond acceptors (Lipinski definition) is 4. The third-order valence-electron chi connectivity index (χ3n) is 1.64. The molecule has 0 rings (SSSR count). The van der Waals surface area contributed by atoms with Crippen molar-refractivity contribution in [2.24, 2.45) is 0 Å². The predicted molar refractivity (Wildman–Crippen MR) is 55.1 cm³/mol. The van der Waals surface area contributed by atoms with Gasteiger partial charge in [-0.15, -0.1) is 0 Å². The van der Waals surface area contributed by atoms with Crippen LogP contribution in [0.25, 0.3) is 0 Å². The smallest absolute Gasteiger partial charge is 0.306 e. The number of rotatable bonds is 7. The minimum absolute atomic E-state index is 0.206. The molecule has 0 aromatic rings. The first-order valence-electron chi connectivity index (χ1n) is 4.58. The van der Waals surface area contributed by atoms with Gasteiger partial charge in [0.25, 0.3) is 0 Å². The van der Waals surface area contributed by atoms with Gasteiger partial charge in [0.2, 0.25) is 0 Å². The van der Waals surface area contributed by atoms with Crippen LogP contribution in [0.5, 0.6) is 0 Å². The van der Waals surface area contributed by atoms with Crippen molar-refractivity contribution in [3.8, 4) is 0 Å². The highest BCUT2D eigenvalue weighted by atomic mass is 32.1. The van der Waals surface area contributed by atoms with Crippen molar-refractivity contribution in [3.63, 3.8) is 0 Å². The summed E-state index contributed by atoms with van der Waals surface area (Å²) in [6, 6.07) is 0. The van der Waals surface area contributed by atoms with Crippen LogP contribution in [-0.4, -0.2) is 31.0 Å². The third kappa shape index (κ3) is 8.12. The van der Waals surface area contributed by atoms with Gasteiger partial charge in [0, 0.05) is 5.75 Å². The van der Waals surface area contributed by atoms with Crippen LogP contribution in [0.1, 0.15) is 26.7 Å². The molecule has 0 heterocycles. The molecule has 78 valence electrons. The molecule has 1 atom stereocenters. The van der Waals surface area contributed by atoms with Gasteiger partial charge in [-0.05, 0) is 13.3 Å². The van der Waals surface area contributed by atoms with Gasteiger partial charge in [-0.3, -0.25) is 4.79 Å². The Morgan fingerprint density at radius 1 is 1.46 bits per heavy atom. The molecule has 0 aromatic heterocycles. The predicted octanol–water partition coefficient (Wildman–Crippen LogP) is 1.66. The second-order valence-electron chi connectivity index (χ2n) is 2.78.